The summed E-state index contributed by atoms with van der Waals surface area (Å²) in [5, 5.41) is 0. The quantitative estimate of drug-likeness (QED) is 0.467. The lowest BCUT2D eigenvalue weighted by atomic mass is 9.97. The van der Waals surface area contributed by atoms with Crippen molar-refractivity contribution in [2.45, 2.75) is 13.3 Å². The van der Waals surface area contributed by atoms with E-state index in [0.717, 1.165) is 18.4 Å². The Morgan fingerprint density at radius 2 is 1.50 bits per heavy atom. The fraction of sp³-hybridized carbons (Fsp3) is 0.185. The normalized spacial score (nSPS) is 19.7. The summed E-state index contributed by atoms with van der Waals surface area (Å²) in [6.45, 7) is 3.16. The largest absolute Gasteiger partial charge is 0.341 e. The summed E-state index contributed by atoms with van der Waals surface area (Å²) in [6.07, 6.45) is 8.50. The molecule has 2 aliphatic carbocycles. The first-order valence-corrected chi connectivity index (χ1v) is 10.3. The summed E-state index contributed by atoms with van der Waals surface area (Å²) < 4.78 is 0. The van der Waals surface area contributed by atoms with E-state index in [0.29, 0.717) is 0 Å². The van der Waals surface area contributed by atoms with Gasteiger partial charge in [-0.2, -0.15) is 0 Å². The lowest BCUT2D eigenvalue weighted by molar-refractivity contribution is 0.982. The van der Waals surface area contributed by atoms with Crippen LogP contribution in [0.4, 0.5) is 11.4 Å². The smallest absolute Gasteiger partial charge is 0.0490 e. The van der Waals surface area contributed by atoms with Crippen LogP contribution in [-0.2, 0) is 0 Å². The summed E-state index contributed by atoms with van der Waals surface area (Å²) in [4.78, 5) is 2.41. The Morgan fingerprint density at radius 3 is 2.25 bits per heavy atom. The minimum atomic E-state index is 0.758. The molecule has 2 atom stereocenters. The van der Waals surface area contributed by atoms with Crippen molar-refractivity contribution in [2.24, 2.45) is 11.8 Å². The van der Waals surface area contributed by atoms with Gasteiger partial charge in [-0.25, -0.2) is 0 Å². The number of nitrogens with zero attached hydrogens (tertiary/aromatic N) is 1. The number of benzene rings is 3. The molecule has 3 aromatic carbocycles. The van der Waals surface area contributed by atoms with Crippen molar-refractivity contribution in [1.29, 1.82) is 0 Å². The van der Waals surface area contributed by atoms with Gasteiger partial charge in [-0.05, 0) is 60.1 Å². The SMILES string of the molecule is CCN(c1ccc(-c2ccccc2)cc1)c1ccccc1C1=CC2CC2C=C1. The Balaban J connectivity index is 1.49. The van der Waals surface area contributed by atoms with Gasteiger partial charge in [-0.15, -0.1) is 0 Å². The highest BCUT2D eigenvalue weighted by Gasteiger charge is 2.35. The molecule has 0 heterocycles. The van der Waals surface area contributed by atoms with Gasteiger partial charge in [0.2, 0.25) is 0 Å². The van der Waals surface area contributed by atoms with Gasteiger partial charge >= 0.3 is 0 Å². The highest BCUT2D eigenvalue weighted by molar-refractivity contribution is 5.86. The third-order valence-corrected chi connectivity index (χ3v) is 5.92. The summed E-state index contributed by atoms with van der Waals surface area (Å²) in [5.74, 6) is 1.55. The van der Waals surface area contributed by atoms with Crippen LogP contribution < -0.4 is 4.90 Å². The molecule has 2 aliphatic rings. The molecule has 0 aromatic heterocycles. The predicted octanol–water partition coefficient (Wildman–Crippen LogP) is 7.10. The molecule has 3 aromatic rings. The number of anilines is 2. The van der Waals surface area contributed by atoms with Crippen molar-refractivity contribution in [3.8, 4) is 11.1 Å². The fourth-order valence-corrected chi connectivity index (χ4v) is 4.25. The molecule has 0 aliphatic heterocycles. The van der Waals surface area contributed by atoms with E-state index in [2.05, 4.69) is 109 Å². The lowest BCUT2D eigenvalue weighted by Crippen LogP contribution is -2.17. The van der Waals surface area contributed by atoms with Crippen molar-refractivity contribution in [2.75, 3.05) is 11.4 Å². The molecule has 1 nitrogen and oxygen atoms in total. The number of rotatable bonds is 5. The fourth-order valence-electron chi connectivity index (χ4n) is 4.25. The maximum Gasteiger partial charge on any atom is 0.0490 e. The zero-order chi connectivity index (χ0) is 18.9. The molecule has 0 N–H and O–H groups in total. The van der Waals surface area contributed by atoms with E-state index in [9.17, 15) is 0 Å². The molecular weight excluding hydrogens is 338 g/mol. The van der Waals surface area contributed by atoms with Crippen LogP contribution in [0.1, 0.15) is 18.9 Å². The summed E-state index contributed by atoms with van der Waals surface area (Å²) in [7, 11) is 0. The summed E-state index contributed by atoms with van der Waals surface area (Å²) >= 11 is 0. The first kappa shape index (κ1) is 17.1. The third-order valence-electron chi connectivity index (χ3n) is 5.92. The van der Waals surface area contributed by atoms with Crippen LogP contribution >= 0.6 is 0 Å². The van der Waals surface area contributed by atoms with Gasteiger partial charge in [0, 0.05) is 23.5 Å². The Labute approximate surface area is 167 Å². The van der Waals surface area contributed by atoms with E-state index in [1.165, 1.54) is 40.1 Å². The van der Waals surface area contributed by atoms with E-state index < -0.39 is 0 Å². The van der Waals surface area contributed by atoms with Crippen LogP contribution in [0.2, 0.25) is 0 Å². The number of hydrogen-bond acceptors (Lipinski definition) is 1. The molecule has 0 bridgehead atoms. The molecule has 0 radical (unpaired) electrons. The molecule has 28 heavy (non-hydrogen) atoms. The van der Waals surface area contributed by atoms with Crippen molar-refractivity contribution in [3.63, 3.8) is 0 Å². The van der Waals surface area contributed by atoms with Gasteiger partial charge in [-0.1, -0.05) is 78.9 Å². The first-order chi connectivity index (χ1) is 13.8. The van der Waals surface area contributed by atoms with Crippen LogP contribution in [-0.4, -0.2) is 6.54 Å². The van der Waals surface area contributed by atoms with Gasteiger partial charge in [0.25, 0.3) is 0 Å². The standard InChI is InChI=1S/C27H25N/c1-2-28(25-16-14-21(15-17-25)20-8-4-3-5-9-20)27-11-7-6-10-26(27)23-13-12-22-18-24(22)19-23/h3-17,19,22,24H,2,18H2,1H3. The van der Waals surface area contributed by atoms with E-state index >= 15 is 0 Å². The van der Waals surface area contributed by atoms with Gasteiger partial charge < -0.3 is 4.90 Å². The maximum atomic E-state index is 2.47. The number of allylic oxidation sites excluding steroid dienone is 4. The van der Waals surface area contributed by atoms with E-state index in [1.807, 2.05) is 0 Å². The predicted molar refractivity (Wildman–Crippen MR) is 120 cm³/mol. The Bertz CT molecular complexity index is 1030. The molecule has 0 spiro atoms. The van der Waals surface area contributed by atoms with Gasteiger partial charge in [0.05, 0.1) is 0 Å². The monoisotopic (exact) mass is 363 g/mol. The molecule has 0 amide bonds. The second-order valence-electron chi connectivity index (χ2n) is 7.72. The highest BCUT2D eigenvalue weighted by atomic mass is 15.1. The molecule has 1 saturated carbocycles. The van der Waals surface area contributed by atoms with Crippen LogP contribution in [0.25, 0.3) is 16.7 Å². The van der Waals surface area contributed by atoms with Gasteiger partial charge in [-0.3, -0.25) is 0 Å². The maximum absolute atomic E-state index is 2.47. The second-order valence-corrected chi connectivity index (χ2v) is 7.72. The molecule has 1 fully saturated rings. The topological polar surface area (TPSA) is 3.24 Å². The average Bonchev–Trinajstić information content (AvgIpc) is 3.55. The van der Waals surface area contributed by atoms with E-state index in [4.69, 9.17) is 0 Å². The van der Waals surface area contributed by atoms with E-state index in [1.54, 1.807) is 0 Å². The summed E-state index contributed by atoms with van der Waals surface area (Å²) in [5.41, 5.74) is 7.74. The van der Waals surface area contributed by atoms with Gasteiger partial charge in [0.1, 0.15) is 0 Å². The minimum Gasteiger partial charge on any atom is -0.341 e. The molecular formula is C27H25N. The zero-order valence-electron chi connectivity index (χ0n) is 16.3. The highest BCUT2D eigenvalue weighted by Crippen LogP contribution is 2.47. The Kier molecular flexibility index (Phi) is 4.37. The van der Waals surface area contributed by atoms with Crippen molar-refractivity contribution in [3.05, 3.63) is 103 Å². The van der Waals surface area contributed by atoms with E-state index in [-0.39, 0.29) is 0 Å². The Morgan fingerprint density at radius 1 is 0.786 bits per heavy atom. The lowest BCUT2D eigenvalue weighted by Gasteiger charge is -2.27. The number of hydrogen-bond donors (Lipinski definition) is 0. The molecule has 2 unspecified atom stereocenters. The third kappa shape index (κ3) is 3.18. The molecule has 0 saturated heterocycles. The zero-order valence-corrected chi connectivity index (χ0v) is 16.3. The number of para-hydroxylation sites is 1. The van der Waals surface area contributed by atoms with Crippen molar-refractivity contribution >= 4 is 16.9 Å². The first-order valence-electron chi connectivity index (χ1n) is 10.3. The van der Waals surface area contributed by atoms with Crippen molar-refractivity contribution in [1.82, 2.24) is 0 Å². The number of fused-ring (bicyclic) bond motifs is 1. The average molecular weight is 364 g/mol. The van der Waals surface area contributed by atoms with Crippen molar-refractivity contribution < 1.29 is 0 Å². The molecule has 5 rings (SSSR count). The minimum absolute atomic E-state index is 0.758. The van der Waals surface area contributed by atoms with Crippen LogP contribution in [0, 0.1) is 11.8 Å². The second kappa shape index (κ2) is 7.16. The Hall–Kier alpha value is -3.06. The van der Waals surface area contributed by atoms with Crippen LogP contribution in [0.5, 0.6) is 0 Å². The van der Waals surface area contributed by atoms with Gasteiger partial charge in [0.15, 0.2) is 0 Å². The molecule has 1 heteroatoms. The molecule has 138 valence electrons. The van der Waals surface area contributed by atoms with Crippen LogP contribution in [0.15, 0.2) is 97.1 Å². The van der Waals surface area contributed by atoms with Crippen LogP contribution in [0.3, 0.4) is 0 Å². The summed E-state index contributed by atoms with van der Waals surface area (Å²) in [6, 6.07) is 28.3.